The Morgan fingerprint density at radius 3 is 2.35 bits per heavy atom. The van der Waals surface area contributed by atoms with Crippen LogP contribution in [0.4, 0.5) is 5.69 Å². The van der Waals surface area contributed by atoms with Gasteiger partial charge in [0.1, 0.15) is 0 Å². The molecule has 2 aromatic carbocycles. The third-order valence-electron chi connectivity index (χ3n) is 4.48. The molecule has 0 aromatic heterocycles. The van der Waals surface area contributed by atoms with E-state index in [2.05, 4.69) is 5.32 Å². The van der Waals surface area contributed by atoms with Crippen LogP contribution in [0.15, 0.2) is 64.4 Å². The lowest BCUT2D eigenvalue weighted by atomic mass is 10.1. The Balaban J connectivity index is 1.84. The topological polar surface area (TPSA) is 75.7 Å². The molecule has 0 radical (unpaired) electrons. The van der Waals surface area contributed by atoms with Crippen LogP contribution in [0.3, 0.4) is 0 Å². The lowest BCUT2D eigenvalue weighted by Crippen LogP contribution is -2.42. The van der Waals surface area contributed by atoms with Crippen molar-refractivity contribution >= 4 is 27.1 Å². The molecule has 0 saturated carbocycles. The zero-order chi connectivity index (χ0) is 18.1. The molecule has 1 N–H and O–H groups in total. The number of carbonyl (C=O) groups is 1. The lowest BCUT2D eigenvalue weighted by molar-refractivity contribution is -0.130. The number of benzene rings is 2. The van der Waals surface area contributed by atoms with E-state index in [1.807, 2.05) is 30.3 Å². The summed E-state index contributed by atoms with van der Waals surface area (Å²) in [4.78, 5) is 14.6. The maximum Gasteiger partial charge on any atom is 0.268 e. The van der Waals surface area contributed by atoms with Gasteiger partial charge in [-0.1, -0.05) is 36.4 Å². The number of hydrogen-bond donors (Lipinski definition) is 1. The molecule has 0 bridgehead atoms. The molecule has 0 atom stereocenters. The third-order valence-corrected chi connectivity index (χ3v) is 6.33. The Kier molecular flexibility index (Phi) is 4.26. The molecule has 0 aliphatic carbocycles. The van der Waals surface area contributed by atoms with Crippen LogP contribution in [-0.2, 0) is 19.4 Å². The predicted molar refractivity (Wildman–Crippen MR) is 98.0 cm³/mol. The van der Waals surface area contributed by atoms with Crippen molar-refractivity contribution in [2.75, 3.05) is 31.6 Å². The number of fused-ring (bicyclic) bond motifs is 1. The molecule has 7 heteroatoms. The summed E-state index contributed by atoms with van der Waals surface area (Å²) < 4.78 is 31.5. The van der Waals surface area contributed by atoms with Crippen LogP contribution in [0.5, 0.6) is 0 Å². The number of nitrogens with zero attached hydrogens (tertiary/aromatic N) is 1. The summed E-state index contributed by atoms with van der Waals surface area (Å²) >= 11 is 0. The molecule has 1 amide bonds. The molecule has 2 heterocycles. The smallest absolute Gasteiger partial charge is 0.268 e. The first-order chi connectivity index (χ1) is 12.6. The number of carbonyl (C=O) groups excluding carboxylic acids is 1. The van der Waals surface area contributed by atoms with Crippen molar-refractivity contribution < 1.29 is 17.9 Å². The van der Waals surface area contributed by atoms with E-state index in [9.17, 15) is 13.2 Å². The minimum Gasteiger partial charge on any atom is -0.378 e. The molecular weight excluding hydrogens is 352 g/mol. The number of amides is 1. The predicted octanol–water partition coefficient (Wildman–Crippen LogP) is 2.11. The Labute approximate surface area is 152 Å². The summed E-state index contributed by atoms with van der Waals surface area (Å²) in [6, 6.07) is 15.9. The molecule has 1 saturated heterocycles. The minimum absolute atomic E-state index is 0.162. The second kappa shape index (κ2) is 6.59. The van der Waals surface area contributed by atoms with Crippen LogP contribution >= 0.6 is 0 Å². The summed E-state index contributed by atoms with van der Waals surface area (Å²) in [6.07, 6.45) is 0. The number of sulfone groups is 1. The Bertz CT molecular complexity index is 978. The van der Waals surface area contributed by atoms with Crippen molar-refractivity contribution in [3.05, 3.63) is 65.1 Å². The molecule has 0 unspecified atom stereocenters. The normalized spacial score (nSPS) is 18.5. The van der Waals surface area contributed by atoms with Crippen molar-refractivity contribution in [2.24, 2.45) is 0 Å². The van der Waals surface area contributed by atoms with Crippen LogP contribution in [0.25, 0.3) is 5.70 Å². The molecule has 1 fully saturated rings. The molecule has 26 heavy (non-hydrogen) atoms. The number of ether oxygens (including phenoxy) is 1. The first-order valence-corrected chi connectivity index (χ1v) is 9.85. The number of rotatable bonds is 3. The highest BCUT2D eigenvalue weighted by Gasteiger charge is 2.41. The summed E-state index contributed by atoms with van der Waals surface area (Å²) in [5.41, 5.74) is 1.58. The summed E-state index contributed by atoms with van der Waals surface area (Å²) in [5, 5.41) is 3.14. The van der Waals surface area contributed by atoms with Gasteiger partial charge < -0.3 is 15.0 Å². The van der Waals surface area contributed by atoms with Gasteiger partial charge in [0, 0.05) is 24.3 Å². The fraction of sp³-hybridized carbons (Fsp3) is 0.211. The molecule has 2 aromatic rings. The average Bonchev–Trinajstić information content (AvgIpc) is 2.90. The maximum absolute atomic E-state index is 13.1. The molecule has 2 aliphatic rings. The number of nitrogens with one attached hydrogen (secondary N) is 1. The molecular formula is C19H18N2O4S. The maximum atomic E-state index is 13.1. The van der Waals surface area contributed by atoms with Gasteiger partial charge in [-0.15, -0.1) is 0 Å². The van der Waals surface area contributed by atoms with E-state index in [1.165, 1.54) is 11.0 Å². The third kappa shape index (κ3) is 2.79. The SMILES string of the molecule is O=C(C1=C(Nc2ccccc2)c2ccccc2S1(=O)=O)N1CCOCC1. The fourth-order valence-corrected chi connectivity index (χ4v) is 4.92. The zero-order valence-electron chi connectivity index (χ0n) is 14.0. The van der Waals surface area contributed by atoms with Crippen LogP contribution in [-0.4, -0.2) is 45.5 Å². The van der Waals surface area contributed by atoms with Gasteiger partial charge in [0.05, 0.1) is 23.8 Å². The molecule has 4 rings (SSSR count). The van der Waals surface area contributed by atoms with Gasteiger partial charge in [0.2, 0.25) is 9.84 Å². The fourth-order valence-electron chi connectivity index (χ4n) is 3.20. The van der Waals surface area contributed by atoms with Gasteiger partial charge >= 0.3 is 0 Å². The molecule has 134 valence electrons. The quantitative estimate of drug-likeness (QED) is 0.896. The van der Waals surface area contributed by atoms with Gasteiger partial charge in [-0.2, -0.15) is 0 Å². The van der Waals surface area contributed by atoms with E-state index >= 15 is 0 Å². The van der Waals surface area contributed by atoms with E-state index in [0.29, 0.717) is 37.6 Å². The molecule has 0 spiro atoms. The Hall–Kier alpha value is -2.64. The monoisotopic (exact) mass is 370 g/mol. The molecule has 2 aliphatic heterocycles. The number of anilines is 1. The number of morpholine rings is 1. The largest absolute Gasteiger partial charge is 0.378 e. The van der Waals surface area contributed by atoms with Crippen LogP contribution in [0.1, 0.15) is 5.56 Å². The van der Waals surface area contributed by atoms with E-state index in [-0.39, 0.29) is 9.80 Å². The van der Waals surface area contributed by atoms with Crippen LogP contribution in [0.2, 0.25) is 0 Å². The standard InChI is InChI=1S/C19H18N2O4S/c22-19(21-10-12-25-13-11-21)18-17(20-14-6-2-1-3-7-14)15-8-4-5-9-16(15)26(18,23)24/h1-9,20H,10-13H2. The second-order valence-corrected chi connectivity index (χ2v) is 7.95. The highest BCUT2D eigenvalue weighted by Crippen LogP contribution is 2.40. The zero-order valence-corrected chi connectivity index (χ0v) is 14.8. The van der Waals surface area contributed by atoms with Gasteiger partial charge in [0.25, 0.3) is 5.91 Å². The average molecular weight is 370 g/mol. The van der Waals surface area contributed by atoms with Crippen molar-refractivity contribution in [2.45, 2.75) is 4.90 Å². The number of hydrogen-bond acceptors (Lipinski definition) is 5. The summed E-state index contributed by atoms with van der Waals surface area (Å²) in [6.45, 7) is 1.58. The minimum atomic E-state index is -3.88. The highest BCUT2D eigenvalue weighted by atomic mass is 32.2. The van der Waals surface area contributed by atoms with E-state index < -0.39 is 15.7 Å². The van der Waals surface area contributed by atoms with Gasteiger partial charge in [-0.3, -0.25) is 4.79 Å². The number of para-hydroxylation sites is 1. The first-order valence-electron chi connectivity index (χ1n) is 8.37. The van der Waals surface area contributed by atoms with Crippen LogP contribution in [0, 0.1) is 0 Å². The van der Waals surface area contributed by atoms with E-state index in [0.717, 1.165) is 5.69 Å². The van der Waals surface area contributed by atoms with E-state index in [1.54, 1.807) is 18.2 Å². The van der Waals surface area contributed by atoms with Crippen molar-refractivity contribution in [3.8, 4) is 0 Å². The van der Waals surface area contributed by atoms with Crippen molar-refractivity contribution in [3.63, 3.8) is 0 Å². The van der Waals surface area contributed by atoms with Gasteiger partial charge in [-0.05, 0) is 18.2 Å². The Morgan fingerprint density at radius 2 is 1.62 bits per heavy atom. The first kappa shape index (κ1) is 16.8. The molecule has 6 nitrogen and oxygen atoms in total. The van der Waals surface area contributed by atoms with Crippen LogP contribution < -0.4 is 5.32 Å². The highest BCUT2D eigenvalue weighted by molar-refractivity contribution is 7.97. The van der Waals surface area contributed by atoms with Gasteiger partial charge in [-0.25, -0.2) is 8.42 Å². The van der Waals surface area contributed by atoms with E-state index in [4.69, 9.17) is 4.74 Å². The summed E-state index contributed by atoms with van der Waals surface area (Å²) in [5.74, 6) is -0.483. The second-order valence-electron chi connectivity index (χ2n) is 6.10. The Morgan fingerprint density at radius 1 is 0.962 bits per heavy atom. The van der Waals surface area contributed by atoms with Crippen molar-refractivity contribution in [1.29, 1.82) is 0 Å². The summed E-state index contributed by atoms with van der Waals surface area (Å²) in [7, 11) is -3.88. The van der Waals surface area contributed by atoms with Gasteiger partial charge in [0.15, 0.2) is 4.91 Å². The van der Waals surface area contributed by atoms with Crippen molar-refractivity contribution in [1.82, 2.24) is 4.90 Å². The lowest BCUT2D eigenvalue weighted by Gasteiger charge is -2.27.